The van der Waals surface area contributed by atoms with Gasteiger partial charge in [0, 0.05) is 25.1 Å². The van der Waals surface area contributed by atoms with Crippen molar-refractivity contribution in [3.8, 4) is 0 Å². The zero-order valence-corrected chi connectivity index (χ0v) is 14.6. The molecule has 4 nitrogen and oxygen atoms in total. The van der Waals surface area contributed by atoms with Gasteiger partial charge in [-0.25, -0.2) is 8.42 Å². The summed E-state index contributed by atoms with van der Waals surface area (Å²) < 4.78 is 24.1. The van der Waals surface area contributed by atoms with Gasteiger partial charge >= 0.3 is 0 Å². The van der Waals surface area contributed by atoms with Gasteiger partial charge in [0.2, 0.25) is 0 Å². The molecule has 0 atom stereocenters. The molecule has 5 heteroatoms. The third-order valence-corrected chi connectivity index (χ3v) is 5.48. The molecule has 0 amide bonds. The third kappa shape index (κ3) is 3.96. The highest BCUT2D eigenvalue weighted by atomic mass is 32.2. The average molecular weight is 322 g/mol. The summed E-state index contributed by atoms with van der Waals surface area (Å²) in [5.74, 6) is 0.419. The van der Waals surface area contributed by atoms with Gasteiger partial charge in [-0.3, -0.25) is 4.99 Å². The van der Waals surface area contributed by atoms with Crippen LogP contribution in [0.2, 0.25) is 0 Å². The highest BCUT2D eigenvalue weighted by Gasteiger charge is 2.24. The number of hydrogen-bond acceptors (Lipinski definition) is 4. The first-order valence-corrected chi connectivity index (χ1v) is 9.84. The van der Waals surface area contributed by atoms with Crippen LogP contribution in [0.15, 0.2) is 28.1 Å². The van der Waals surface area contributed by atoms with E-state index in [9.17, 15) is 8.42 Å². The number of hydrogen-bond donors (Lipinski definition) is 0. The average Bonchev–Trinajstić information content (AvgIpc) is 2.48. The molecule has 0 saturated carbocycles. The van der Waals surface area contributed by atoms with E-state index in [1.54, 1.807) is 19.3 Å². The Morgan fingerprint density at radius 2 is 2.00 bits per heavy atom. The van der Waals surface area contributed by atoms with Gasteiger partial charge in [-0.1, -0.05) is 19.1 Å². The second kappa shape index (κ2) is 7.38. The van der Waals surface area contributed by atoms with Gasteiger partial charge < -0.3 is 4.90 Å². The Labute approximate surface area is 134 Å². The van der Waals surface area contributed by atoms with Gasteiger partial charge in [-0.15, -0.1) is 0 Å². The molecule has 1 saturated heterocycles. The highest BCUT2D eigenvalue weighted by Crippen LogP contribution is 2.32. The molecule has 1 aliphatic rings. The van der Waals surface area contributed by atoms with Crippen LogP contribution in [0.4, 0.5) is 0 Å². The summed E-state index contributed by atoms with van der Waals surface area (Å²) in [5, 5.41) is 0. The molecule has 0 aromatic heterocycles. The van der Waals surface area contributed by atoms with Crippen molar-refractivity contribution in [3.63, 3.8) is 0 Å². The lowest BCUT2D eigenvalue weighted by Crippen LogP contribution is -2.33. The van der Waals surface area contributed by atoms with Crippen LogP contribution in [0.1, 0.15) is 43.2 Å². The zero-order valence-electron chi connectivity index (χ0n) is 13.7. The standard InChI is InChI=1S/C17H26N2O2S/c1-4-10-19-11-8-14(9-12-19)15-6-5-7-17(22(3,20)21)16(15)13-18-2/h5-7,13-14H,4,8-12H2,1-3H3. The van der Waals surface area contributed by atoms with E-state index in [1.165, 1.54) is 12.7 Å². The van der Waals surface area contributed by atoms with Crippen LogP contribution in [-0.2, 0) is 9.84 Å². The van der Waals surface area contributed by atoms with Crippen LogP contribution in [0, 0.1) is 0 Å². The van der Waals surface area contributed by atoms with Crippen molar-refractivity contribution in [1.82, 2.24) is 4.90 Å². The SMILES string of the molecule is CCCN1CCC(c2cccc(S(C)(=O)=O)c2C=NC)CC1. The first-order chi connectivity index (χ1) is 10.5. The van der Waals surface area contributed by atoms with E-state index in [1.807, 2.05) is 6.07 Å². The molecule has 0 spiro atoms. The molecule has 1 fully saturated rings. The minimum Gasteiger partial charge on any atom is -0.303 e. The second-order valence-electron chi connectivity index (χ2n) is 6.03. The molecule has 0 aliphatic carbocycles. The first-order valence-electron chi connectivity index (χ1n) is 7.94. The Hall–Kier alpha value is -1.20. The largest absolute Gasteiger partial charge is 0.303 e. The Balaban J connectivity index is 2.32. The van der Waals surface area contributed by atoms with Gasteiger partial charge in [-0.05, 0) is 56.4 Å². The predicted octanol–water partition coefficient (Wildman–Crippen LogP) is 2.73. The molecule has 0 bridgehead atoms. The summed E-state index contributed by atoms with van der Waals surface area (Å²) in [5.41, 5.74) is 1.91. The fraction of sp³-hybridized carbons (Fsp3) is 0.588. The molecule has 1 aliphatic heterocycles. The molecule has 0 unspecified atom stereocenters. The number of likely N-dealkylation sites (tertiary alicyclic amines) is 1. The summed E-state index contributed by atoms with van der Waals surface area (Å²) in [4.78, 5) is 6.97. The summed E-state index contributed by atoms with van der Waals surface area (Å²) >= 11 is 0. The minimum absolute atomic E-state index is 0.395. The van der Waals surface area contributed by atoms with Crippen molar-refractivity contribution >= 4 is 16.1 Å². The van der Waals surface area contributed by atoms with Crippen LogP contribution >= 0.6 is 0 Å². The van der Waals surface area contributed by atoms with Crippen LogP contribution in [0.3, 0.4) is 0 Å². The van der Waals surface area contributed by atoms with E-state index in [4.69, 9.17) is 0 Å². The molecule has 122 valence electrons. The lowest BCUT2D eigenvalue weighted by atomic mass is 9.86. The fourth-order valence-corrected chi connectivity index (χ4v) is 4.19. The van der Waals surface area contributed by atoms with Crippen LogP contribution < -0.4 is 0 Å². The van der Waals surface area contributed by atoms with Crippen molar-refractivity contribution in [2.45, 2.75) is 37.0 Å². The zero-order chi connectivity index (χ0) is 16.2. The van der Waals surface area contributed by atoms with E-state index in [0.29, 0.717) is 10.8 Å². The molecule has 1 aromatic carbocycles. The van der Waals surface area contributed by atoms with E-state index >= 15 is 0 Å². The van der Waals surface area contributed by atoms with Gasteiger partial charge in [0.25, 0.3) is 0 Å². The topological polar surface area (TPSA) is 49.7 Å². The molecule has 1 aromatic rings. The Bertz CT molecular complexity index is 630. The maximum Gasteiger partial charge on any atom is 0.176 e. The van der Waals surface area contributed by atoms with Crippen molar-refractivity contribution in [2.75, 3.05) is 32.9 Å². The Kier molecular flexibility index (Phi) is 5.75. The summed E-state index contributed by atoms with van der Waals surface area (Å²) in [6, 6.07) is 5.60. The quantitative estimate of drug-likeness (QED) is 0.783. The van der Waals surface area contributed by atoms with Gasteiger partial charge in [0.05, 0.1) is 4.90 Å². The van der Waals surface area contributed by atoms with Crippen molar-refractivity contribution in [2.24, 2.45) is 4.99 Å². The Morgan fingerprint density at radius 3 is 2.55 bits per heavy atom. The van der Waals surface area contributed by atoms with Crippen LogP contribution in [0.5, 0.6) is 0 Å². The molecule has 0 radical (unpaired) electrons. The molecule has 2 rings (SSSR count). The van der Waals surface area contributed by atoms with Crippen LogP contribution in [-0.4, -0.2) is 52.5 Å². The monoisotopic (exact) mass is 322 g/mol. The maximum absolute atomic E-state index is 12.0. The van der Waals surface area contributed by atoms with E-state index in [2.05, 4.69) is 22.9 Å². The van der Waals surface area contributed by atoms with Crippen molar-refractivity contribution in [1.29, 1.82) is 0 Å². The van der Waals surface area contributed by atoms with Crippen molar-refractivity contribution in [3.05, 3.63) is 29.3 Å². The Morgan fingerprint density at radius 1 is 1.32 bits per heavy atom. The highest BCUT2D eigenvalue weighted by molar-refractivity contribution is 7.90. The summed E-state index contributed by atoms with van der Waals surface area (Å²) in [6.07, 6.45) is 6.31. The number of benzene rings is 1. The molecule has 22 heavy (non-hydrogen) atoms. The smallest absolute Gasteiger partial charge is 0.176 e. The number of nitrogens with zero attached hydrogens (tertiary/aromatic N) is 2. The predicted molar refractivity (Wildman–Crippen MR) is 91.8 cm³/mol. The van der Waals surface area contributed by atoms with Crippen LogP contribution in [0.25, 0.3) is 0 Å². The van der Waals surface area contributed by atoms with E-state index in [-0.39, 0.29) is 0 Å². The molecular weight excluding hydrogens is 296 g/mol. The number of aliphatic imine (C=N–C) groups is 1. The molecule has 1 heterocycles. The molecule has 0 N–H and O–H groups in total. The minimum atomic E-state index is -3.24. The normalized spacial score (nSPS) is 18.1. The van der Waals surface area contributed by atoms with E-state index < -0.39 is 9.84 Å². The number of piperidine rings is 1. The van der Waals surface area contributed by atoms with Gasteiger partial charge in [0.15, 0.2) is 9.84 Å². The van der Waals surface area contributed by atoms with Crippen molar-refractivity contribution < 1.29 is 8.42 Å². The summed E-state index contributed by atoms with van der Waals surface area (Å²) in [6.45, 7) is 5.53. The second-order valence-corrected chi connectivity index (χ2v) is 8.02. The van der Waals surface area contributed by atoms with Gasteiger partial charge in [-0.2, -0.15) is 0 Å². The maximum atomic E-state index is 12.0. The molecular formula is C17H26N2O2S. The number of rotatable bonds is 5. The number of sulfone groups is 1. The fourth-order valence-electron chi connectivity index (χ4n) is 3.29. The summed E-state index contributed by atoms with van der Waals surface area (Å²) in [7, 11) is -1.55. The lowest BCUT2D eigenvalue weighted by Gasteiger charge is -2.32. The third-order valence-electron chi connectivity index (χ3n) is 4.32. The lowest BCUT2D eigenvalue weighted by molar-refractivity contribution is 0.212. The van der Waals surface area contributed by atoms with Gasteiger partial charge in [0.1, 0.15) is 0 Å². The first kappa shape index (κ1) is 17.2. The van der Waals surface area contributed by atoms with E-state index in [0.717, 1.165) is 43.6 Å².